The van der Waals surface area contributed by atoms with Gasteiger partial charge < -0.3 is 24.5 Å². The van der Waals surface area contributed by atoms with Crippen LogP contribution < -0.4 is 0 Å². The number of aliphatic hydroxyl groups excluding tert-OH is 1. The largest absolute Gasteiger partial charge is 0.394 e. The van der Waals surface area contributed by atoms with E-state index in [-0.39, 0.29) is 24.3 Å². The van der Waals surface area contributed by atoms with E-state index in [1.54, 1.807) is 22.0 Å². The number of benzene rings is 3. The highest BCUT2D eigenvalue weighted by atomic mass is 16.5. The van der Waals surface area contributed by atoms with Crippen LogP contribution in [0.2, 0.25) is 0 Å². The molecular formula is C39H43N3O5. The second kappa shape index (κ2) is 13.3. The Balaban J connectivity index is 1.44. The number of ether oxygens (including phenoxy) is 1. The Morgan fingerprint density at radius 2 is 1.38 bits per heavy atom. The van der Waals surface area contributed by atoms with Crippen molar-refractivity contribution in [2.24, 2.45) is 11.8 Å². The molecule has 8 nitrogen and oxygen atoms in total. The standard InChI is InChI=1S/C39H43N3O5/c1-4-23-40(25-28-15-9-6-10-16-28)35(44)32-33-36(45)42(31(27-43)30-19-13-8-14-20-30)34(39(33)22-21-38(32,3)47-39)37(46)41(24-5-2)26-29-17-11-7-12-18-29/h4-20,31-34,43H,1-2,21-27H2,3H3/t31-,32-,33+,34?,38+,39?/m1/s1. The first-order chi connectivity index (χ1) is 22.8. The van der Waals surface area contributed by atoms with Crippen LogP contribution in [0.3, 0.4) is 0 Å². The first kappa shape index (κ1) is 32.4. The summed E-state index contributed by atoms with van der Waals surface area (Å²) in [5.74, 6) is -2.54. The molecule has 3 heterocycles. The number of hydrogen-bond acceptors (Lipinski definition) is 5. The highest BCUT2D eigenvalue weighted by Gasteiger charge is 2.79. The monoisotopic (exact) mass is 633 g/mol. The van der Waals surface area contributed by atoms with Crippen LogP contribution >= 0.6 is 0 Å². The van der Waals surface area contributed by atoms with E-state index >= 15 is 0 Å². The van der Waals surface area contributed by atoms with Crippen molar-refractivity contribution in [2.45, 2.75) is 56.1 Å². The molecular weight excluding hydrogens is 590 g/mol. The zero-order valence-electron chi connectivity index (χ0n) is 26.9. The number of hydrogen-bond donors (Lipinski definition) is 1. The van der Waals surface area contributed by atoms with E-state index in [1.807, 2.05) is 97.9 Å². The molecule has 1 N–H and O–H groups in total. The zero-order valence-corrected chi connectivity index (χ0v) is 26.9. The van der Waals surface area contributed by atoms with Gasteiger partial charge in [-0.25, -0.2) is 0 Å². The Morgan fingerprint density at radius 3 is 1.89 bits per heavy atom. The molecule has 3 aliphatic rings. The van der Waals surface area contributed by atoms with Crippen LogP contribution in [0.15, 0.2) is 116 Å². The number of likely N-dealkylation sites (tertiary alicyclic amines) is 1. The fourth-order valence-electron chi connectivity index (χ4n) is 8.14. The van der Waals surface area contributed by atoms with Gasteiger partial charge in [0, 0.05) is 26.2 Å². The van der Waals surface area contributed by atoms with Crippen molar-refractivity contribution in [1.82, 2.24) is 14.7 Å². The predicted octanol–water partition coefficient (Wildman–Crippen LogP) is 4.91. The summed E-state index contributed by atoms with van der Waals surface area (Å²) in [5, 5.41) is 10.9. The Hall–Kier alpha value is -4.53. The third-order valence-corrected chi connectivity index (χ3v) is 10.2. The molecule has 6 atom stereocenters. The number of carbonyl (C=O) groups excluding carboxylic acids is 3. The van der Waals surface area contributed by atoms with E-state index in [4.69, 9.17) is 4.74 Å². The average Bonchev–Trinajstić information content (AvgIpc) is 3.66. The summed E-state index contributed by atoms with van der Waals surface area (Å²) < 4.78 is 6.94. The Morgan fingerprint density at radius 1 is 0.872 bits per heavy atom. The molecule has 0 aromatic heterocycles. The van der Waals surface area contributed by atoms with Gasteiger partial charge in [0.2, 0.25) is 17.7 Å². The molecule has 3 fully saturated rings. The number of carbonyl (C=O) groups is 3. The Kier molecular flexibility index (Phi) is 9.17. The molecule has 6 rings (SSSR count). The molecule has 3 aromatic rings. The normalized spacial score (nSPS) is 26.5. The van der Waals surface area contributed by atoms with Crippen molar-refractivity contribution in [1.29, 1.82) is 0 Å². The topological polar surface area (TPSA) is 90.4 Å². The summed E-state index contributed by atoms with van der Waals surface area (Å²) in [6.07, 6.45) is 4.33. The first-order valence-corrected chi connectivity index (χ1v) is 16.3. The van der Waals surface area contributed by atoms with E-state index in [2.05, 4.69) is 13.2 Å². The van der Waals surface area contributed by atoms with Crippen LogP contribution in [0.25, 0.3) is 0 Å². The van der Waals surface area contributed by atoms with Crippen LogP contribution in [-0.4, -0.2) is 74.5 Å². The van der Waals surface area contributed by atoms with Gasteiger partial charge in [-0.05, 0) is 36.5 Å². The number of nitrogens with zero attached hydrogens (tertiary/aromatic N) is 3. The maximum atomic E-state index is 14.9. The van der Waals surface area contributed by atoms with Gasteiger partial charge in [-0.2, -0.15) is 0 Å². The molecule has 2 unspecified atom stereocenters. The molecule has 1 spiro atoms. The van der Waals surface area contributed by atoms with Crippen molar-refractivity contribution in [3.05, 3.63) is 133 Å². The highest BCUT2D eigenvalue weighted by molar-refractivity contribution is 5.99. The molecule has 2 bridgehead atoms. The minimum absolute atomic E-state index is 0.197. The van der Waals surface area contributed by atoms with Gasteiger partial charge in [-0.3, -0.25) is 14.4 Å². The molecule has 3 aromatic carbocycles. The number of aliphatic hydroxyl groups is 1. The molecule has 3 amide bonds. The van der Waals surface area contributed by atoms with Gasteiger partial charge in [0.25, 0.3) is 0 Å². The van der Waals surface area contributed by atoms with E-state index in [0.717, 1.165) is 11.1 Å². The molecule has 0 saturated carbocycles. The molecule has 3 aliphatic heterocycles. The van der Waals surface area contributed by atoms with Gasteiger partial charge in [0.1, 0.15) is 11.6 Å². The zero-order chi connectivity index (χ0) is 33.2. The highest BCUT2D eigenvalue weighted by Crippen LogP contribution is 2.64. The van der Waals surface area contributed by atoms with E-state index < -0.39 is 41.7 Å². The van der Waals surface area contributed by atoms with Gasteiger partial charge >= 0.3 is 0 Å². The van der Waals surface area contributed by atoms with Crippen LogP contribution in [0.4, 0.5) is 0 Å². The van der Waals surface area contributed by atoms with Crippen molar-refractivity contribution < 1.29 is 24.2 Å². The van der Waals surface area contributed by atoms with E-state index in [9.17, 15) is 19.5 Å². The molecule has 8 heteroatoms. The lowest BCUT2D eigenvalue weighted by Crippen LogP contribution is -2.57. The third kappa shape index (κ3) is 5.70. The van der Waals surface area contributed by atoms with E-state index in [0.29, 0.717) is 38.0 Å². The molecule has 0 aliphatic carbocycles. The van der Waals surface area contributed by atoms with Gasteiger partial charge in [0.15, 0.2) is 0 Å². The number of fused-ring (bicyclic) bond motifs is 1. The maximum Gasteiger partial charge on any atom is 0.249 e. The predicted molar refractivity (Wildman–Crippen MR) is 179 cm³/mol. The summed E-state index contributed by atoms with van der Waals surface area (Å²) in [6.45, 7) is 10.5. The number of rotatable bonds is 13. The lowest BCUT2D eigenvalue weighted by atomic mass is 9.66. The SMILES string of the molecule is C=CCN(Cc1ccccc1)C(=O)C1N([C@H](CO)c2ccccc2)C(=O)[C@@H]2[C@H](C(=O)N(CC=C)Cc3ccccc3)[C@]3(C)CCC12O3. The molecule has 0 radical (unpaired) electrons. The molecule has 47 heavy (non-hydrogen) atoms. The van der Waals surface area contributed by atoms with Crippen molar-refractivity contribution in [3.8, 4) is 0 Å². The lowest BCUT2D eigenvalue weighted by Gasteiger charge is -2.39. The van der Waals surface area contributed by atoms with Crippen molar-refractivity contribution in [3.63, 3.8) is 0 Å². The first-order valence-electron chi connectivity index (χ1n) is 16.3. The fourth-order valence-corrected chi connectivity index (χ4v) is 8.14. The Labute approximate surface area is 276 Å². The maximum absolute atomic E-state index is 14.9. The second-order valence-corrected chi connectivity index (χ2v) is 13.1. The minimum atomic E-state index is -1.24. The Bertz CT molecular complexity index is 1620. The van der Waals surface area contributed by atoms with Gasteiger partial charge in [-0.15, -0.1) is 13.2 Å². The molecule has 3 saturated heterocycles. The smallest absolute Gasteiger partial charge is 0.249 e. The van der Waals surface area contributed by atoms with Crippen LogP contribution in [0, 0.1) is 11.8 Å². The summed E-state index contributed by atoms with van der Waals surface area (Å²) in [5.41, 5.74) is 0.421. The van der Waals surface area contributed by atoms with Gasteiger partial charge in [0.05, 0.1) is 30.1 Å². The van der Waals surface area contributed by atoms with Crippen LogP contribution in [-0.2, 0) is 32.2 Å². The summed E-state index contributed by atoms with van der Waals surface area (Å²) in [6, 6.07) is 26.8. The third-order valence-electron chi connectivity index (χ3n) is 10.2. The minimum Gasteiger partial charge on any atom is -0.394 e. The van der Waals surface area contributed by atoms with E-state index in [1.165, 1.54) is 4.90 Å². The van der Waals surface area contributed by atoms with Crippen molar-refractivity contribution >= 4 is 17.7 Å². The summed E-state index contributed by atoms with van der Waals surface area (Å²) in [4.78, 5) is 49.5. The number of amides is 3. The van der Waals surface area contributed by atoms with Crippen LogP contribution in [0.1, 0.15) is 42.5 Å². The quantitative estimate of drug-likeness (QED) is 0.270. The second-order valence-electron chi connectivity index (χ2n) is 13.1. The lowest BCUT2D eigenvalue weighted by molar-refractivity contribution is -0.157. The summed E-state index contributed by atoms with van der Waals surface area (Å²) >= 11 is 0. The fraction of sp³-hybridized carbons (Fsp3) is 0.359. The van der Waals surface area contributed by atoms with Gasteiger partial charge in [-0.1, -0.05) is 103 Å². The summed E-state index contributed by atoms with van der Waals surface area (Å²) in [7, 11) is 0. The average molecular weight is 634 g/mol. The van der Waals surface area contributed by atoms with Crippen molar-refractivity contribution in [2.75, 3.05) is 19.7 Å². The molecule has 244 valence electrons. The van der Waals surface area contributed by atoms with Crippen LogP contribution in [0.5, 0.6) is 0 Å².